The van der Waals surface area contributed by atoms with Crippen molar-refractivity contribution < 1.29 is 41.3 Å². The number of hydrogen-bond donors (Lipinski definition) is 0. The number of aryl methyl sites for hydroxylation is 1. The number of fused-ring (bicyclic) bond motifs is 3. The van der Waals surface area contributed by atoms with Crippen LogP contribution in [0, 0.1) is 22.9 Å². The zero-order valence-corrected chi connectivity index (χ0v) is 25.0. The average molecular weight is 678 g/mol. The first kappa shape index (κ1) is 28.9. The molecule has 0 radical (unpaired) electrons. The van der Waals surface area contributed by atoms with Crippen LogP contribution in [0.25, 0.3) is 22.1 Å². The fraction of sp³-hybridized carbons (Fsp3) is 0.429. The summed E-state index contributed by atoms with van der Waals surface area (Å²) in [4.78, 5) is 25.5. The molecule has 12 nitrogen and oxygen atoms in total. The van der Waals surface area contributed by atoms with Crippen LogP contribution in [0.2, 0.25) is 0 Å². The van der Waals surface area contributed by atoms with Crippen molar-refractivity contribution in [3.05, 3.63) is 56.2 Å². The molecule has 3 aromatic heterocycles. The fourth-order valence-corrected chi connectivity index (χ4v) is 6.31. The number of ether oxygens (including phenoxy) is 3. The van der Waals surface area contributed by atoms with Crippen LogP contribution >= 0.6 is 15.9 Å². The molecule has 6 heterocycles. The van der Waals surface area contributed by atoms with Crippen molar-refractivity contribution in [2.45, 2.75) is 44.6 Å². The van der Waals surface area contributed by atoms with Gasteiger partial charge in [-0.1, -0.05) is 0 Å². The van der Waals surface area contributed by atoms with E-state index in [0.717, 1.165) is 5.71 Å². The molecule has 0 saturated carbocycles. The third-order valence-electron chi connectivity index (χ3n) is 8.40. The van der Waals surface area contributed by atoms with Crippen molar-refractivity contribution in [3.8, 4) is 5.88 Å². The van der Waals surface area contributed by atoms with E-state index in [1.807, 2.05) is 17.6 Å². The van der Waals surface area contributed by atoms with Gasteiger partial charge in [-0.2, -0.15) is 4.58 Å². The lowest BCUT2D eigenvalue weighted by Gasteiger charge is -2.41. The van der Waals surface area contributed by atoms with Crippen LogP contribution in [0.5, 0.6) is 5.88 Å². The molecular weight excluding hydrogens is 653 g/mol. The Morgan fingerprint density at radius 2 is 2.05 bits per heavy atom. The van der Waals surface area contributed by atoms with Gasteiger partial charge in [0.15, 0.2) is 35.1 Å². The molecule has 0 bridgehead atoms. The van der Waals surface area contributed by atoms with Gasteiger partial charge in [-0.25, -0.2) is 28.1 Å². The number of aromatic nitrogens is 3. The van der Waals surface area contributed by atoms with Crippen LogP contribution in [0.1, 0.15) is 31.2 Å². The van der Waals surface area contributed by atoms with Gasteiger partial charge in [0.25, 0.3) is 24.2 Å². The maximum atomic E-state index is 14.3. The number of anilines is 1. The van der Waals surface area contributed by atoms with Crippen molar-refractivity contribution >= 4 is 55.2 Å². The molecule has 0 N–H and O–H groups in total. The van der Waals surface area contributed by atoms with Crippen molar-refractivity contribution in [1.29, 1.82) is 0 Å². The fourth-order valence-electron chi connectivity index (χ4n) is 5.99. The Morgan fingerprint density at radius 3 is 2.75 bits per heavy atom. The summed E-state index contributed by atoms with van der Waals surface area (Å²) < 4.78 is 68.7. The number of nitrogens with zero attached hydrogens (tertiary/aromatic N) is 6. The van der Waals surface area contributed by atoms with Gasteiger partial charge >= 0.3 is 0 Å². The van der Waals surface area contributed by atoms with E-state index in [0.29, 0.717) is 41.9 Å². The minimum Gasteiger partial charge on any atom is -0.467 e. The maximum Gasteiger partial charge on any atom is 0.297 e. The molecule has 7 rings (SSSR count). The van der Waals surface area contributed by atoms with Gasteiger partial charge < -0.3 is 18.6 Å². The Bertz CT molecular complexity index is 1860. The van der Waals surface area contributed by atoms with Gasteiger partial charge in [-0.15, -0.1) is 0 Å². The summed E-state index contributed by atoms with van der Waals surface area (Å²) in [6.07, 6.45) is -3.77. The molecule has 1 aromatic carbocycles. The number of halogens is 4. The summed E-state index contributed by atoms with van der Waals surface area (Å²) in [7, 11) is 0. The van der Waals surface area contributed by atoms with E-state index in [-0.39, 0.29) is 46.9 Å². The first-order valence-electron chi connectivity index (χ1n) is 13.8. The second kappa shape index (κ2) is 10.6. The molecule has 230 valence electrons. The molecule has 0 unspecified atom stereocenters. The first-order chi connectivity index (χ1) is 21.1. The summed E-state index contributed by atoms with van der Waals surface area (Å²) >= 11 is 3.47. The lowest BCUT2D eigenvalue weighted by atomic mass is 9.94. The van der Waals surface area contributed by atoms with Crippen LogP contribution in [0.3, 0.4) is 0 Å². The highest BCUT2D eigenvalue weighted by atomic mass is 79.9. The highest BCUT2D eigenvalue weighted by molar-refractivity contribution is 9.10. The summed E-state index contributed by atoms with van der Waals surface area (Å²) in [5, 5.41) is 12.6. The normalized spacial score (nSPS) is 21.6. The zero-order chi connectivity index (χ0) is 30.9. The van der Waals surface area contributed by atoms with Gasteiger partial charge in [0, 0.05) is 39.5 Å². The summed E-state index contributed by atoms with van der Waals surface area (Å²) in [6.45, 7) is 5.17. The molecule has 2 fully saturated rings. The Hall–Kier alpha value is -3.89. The van der Waals surface area contributed by atoms with E-state index in [2.05, 4.69) is 30.9 Å². The Morgan fingerprint density at radius 1 is 1.25 bits per heavy atom. The molecular formula is C28H25BrF3N6O6+. The smallest absolute Gasteiger partial charge is 0.297 e. The highest BCUT2D eigenvalue weighted by Crippen LogP contribution is 2.40. The van der Waals surface area contributed by atoms with Gasteiger partial charge in [0.2, 0.25) is 0 Å². The molecule has 0 aliphatic carbocycles. The van der Waals surface area contributed by atoms with E-state index >= 15 is 0 Å². The van der Waals surface area contributed by atoms with Crippen LogP contribution in [0.15, 0.2) is 33.3 Å². The Labute approximate surface area is 255 Å². The van der Waals surface area contributed by atoms with Gasteiger partial charge in [-0.3, -0.25) is 15.0 Å². The molecule has 16 heteroatoms. The second-order valence-electron chi connectivity index (χ2n) is 11.0. The van der Waals surface area contributed by atoms with Crippen molar-refractivity contribution in [3.63, 3.8) is 0 Å². The largest absolute Gasteiger partial charge is 0.467 e. The molecule has 44 heavy (non-hydrogen) atoms. The quantitative estimate of drug-likeness (QED) is 0.155. The first-order valence-corrected chi connectivity index (χ1v) is 14.6. The van der Waals surface area contributed by atoms with Gasteiger partial charge in [0.1, 0.15) is 29.6 Å². The Balaban J connectivity index is 1.29. The molecule has 2 atom stereocenters. The molecule has 0 amide bonds. The second-order valence-corrected chi connectivity index (χ2v) is 11.9. The zero-order valence-electron chi connectivity index (χ0n) is 23.4. The summed E-state index contributed by atoms with van der Waals surface area (Å²) in [6, 6.07) is 4.41. The van der Waals surface area contributed by atoms with E-state index in [9.17, 15) is 23.3 Å². The van der Waals surface area contributed by atoms with E-state index in [4.69, 9.17) is 18.6 Å². The van der Waals surface area contributed by atoms with Crippen LogP contribution in [-0.2, 0) is 9.47 Å². The average Bonchev–Trinajstić information content (AvgIpc) is 3.57. The van der Waals surface area contributed by atoms with Crippen LogP contribution in [-0.4, -0.2) is 80.9 Å². The molecule has 3 aliphatic rings. The molecule has 2 saturated heterocycles. The van der Waals surface area contributed by atoms with E-state index in [1.54, 1.807) is 6.20 Å². The summed E-state index contributed by atoms with van der Waals surface area (Å²) in [5.41, 5.74) is 1.24. The highest BCUT2D eigenvalue weighted by Gasteiger charge is 2.51. The number of nitro groups is 1. The standard InChI is InChI=1S/C28H25BrF3N6O6/c1-13-18(30)4-3-17-21-23(44-22(13)17)26(35-25(34-21)24(31)32)37-10-16(8-20(37)38(39)40)43-27-19(7-15(29)9-33-27)36-5-6-42-28(14(36)2)11-41-12-28/h3-4,7,9,16,20,24H,5-6,8,10-12H2,1-2H3/q+1/t16-,20+/m0/s1. The number of rotatable bonds is 6. The van der Waals surface area contributed by atoms with E-state index < -0.39 is 40.9 Å². The molecule has 1 spiro atoms. The van der Waals surface area contributed by atoms with Gasteiger partial charge in [-0.05, 0) is 35.0 Å². The third-order valence-corrected chi connectivity index (χ3v) is 8.84. The monoisotopic (exact) mass is 677 g/mol. The number of alkyl halides is 2. The topological polar surface area (TPSA) is 129 Å². The molecule has 3 aliphatic heterocycles. The lowest BCUT2D eigenvalue weighted by Crippen LogP contribution is -2.62. The minimum atomic E-state index is -3.07. The van der Waals surface area contributed by atoms with E-state index in [1.165, 1.54) is 24.0 Å². The maximum absolute atomic E-state index is 14.3. The van der Waals surface area contributed by atoms with Crippen molar-refractivity contribution in [2.75, 3.05) is 37.8 Å². The van der Waals surface area contributed by atoms with Crippen molar-refractivity contribution in [2.24, 2.45) is 0 Å². The predicted molar refractivity (Wildman–Crippen MR) is 153 cm³/mol. The molecule has 4 aromatic rings. The summed E-state index contributed by atoms with van der Waals surface area (Å²) in [5.74, 6) is -1.33. The van der Waals surface area contributed by atoms with Crippen LogP contribution < -0.4 is 9.64 Å². The number of furan rings is 1. The van der Waals surface area contributed by atoms with Gasteiger partial charge in [0.05, 0.1) is 26.2 Å². The number of pyridine rings is 1. The number of benzene rings is 1. The minimum absolute atomic E-state index is 0.0129. The third kappa shape index (κ3) is 4.57. The van der Waals surface area contributed by atoms with Crippen LogP contribution in [0.4, 0.5) is 24.7 Å². The predicted octanol–water partition coefficient (Wildman–Crippen LogP) is 5.08. The SMILES string of the molecule is CC1=[N+](c2cc(Br)cnc2O[C@H]2C[C@@H]([N+](=O)[O-])N(c3nc(C(F)F)nc4c3oc3c(C)c(F)ccc34)C2)CCOC12COC2. The van der Waals surface area contributed by atoms with Crippen molar-refractivity contribution in [1.82, 2.24) is 15.0 Å². The number of hydrogen-bond acceptors (Lipinski definition) is 10. The Kier molecular flexibility index (Phi) is 6.97. The lowest BCUT2D eigenvalue weighted by molar-refractivity contribution is -0.519.